The molecule has 0 amide bonds. The number of hydrogen-bond acceptors (Lipinski definition) is 7. The fraction of sp³-hybridized carbons (Fsp3) is 0.133. The second-order valence-electron chi connectivity index (χ2n) is 4.67. The minimum absolute atomic E-state index is 0.00785. The van der Waals surface area contributed by atoms with E-state index in [-0.39, 0.29) is 10.9 Å². The van der Waals surface area contributed by atoms with Gasteiger partial charge in [0.1, 0.15) is 11.5 Å². The highest BCUT2D eigenvalue weighted by Crippen LogP contribution is 2.22. The van der Waals surface area contributed by atoms with E-state index in [4.69, 9.17) is 9.26 Å². The zero-order chi connectivity index (χ0) is 16.3. The maximum absolute atomic E-state index is 12.2. The monoisotopic (exact) mass is 331 g/mol. The molecule has 3 aromatic rings. The lowest BCUT2D eigenvalue weighted by Crippen LogP contribution is -2.07. The molecule has 0 fully saturated rings. The number of rotatable bonds is 5. The molecule has 0 aliphatic carbocycles. The molecule has 23 heavy (non-hydrogen) atoms. The highest BCUT2D eigenvalue weighted by atomic mass is 32.2. The molecule has 3 rings (SSSR count). The quantitative estimate of drug-likeness (QED) is 0.706. The van der Waals surface area contributed by atoms with E-state index < -0.39 is 15.6 Å². The highest BCUT2D eigenvalue weighted by molar-refractivity contribution is 7.90. The van der Waals surface area contributed by atoms with Gasteiger partial charge in [-0.2, -0.15) is 4.98 Å². The van der Waals surface area contributed by atoms with Crippen molar-refractivity contribution >= 4 is 9.84 Å². The summed E-state index contributed by atoms with van der Waals surface area (Å²) in [6.45, 7) is 0. The summed E-state index contributed by atoms with van der Waals surface area (Å²) in [5.74, 6) is 0.555. The lowest BCUT2D eigenvalue weighted by molar-refractivity contribution is 0.389. The third kappa shape index (κ3) is 3.37. The van der Waals surface area contributed by atoms with E-state index in [2.05, 4.69) is 15.1 Å². The van der Waals surface area contributed by atoms with Crippen LogP contribution in [0, 0.1) is 0 Å². The van der Waals surface area contributed by atoms with Crippen LogP contribution in [-0.4, -0.2) is 30.7 Å². The molecule has 0 aliphatic heterocycles. The van der Waals surface area contributed by atoms with E-state index in [0.717, 1.165) is 0 Å². The van der Waals surface area contributed by atoms with E-state index in [9.17, 15) is 8.42 Å². The molecule has 0 bridgehead atoms. The standard InChI is InChI=1S/C15H13N3O4S/c1-21-12-6-4-5-11(9-12)15-17-13(22-18-15)10-23(19,20)14-7-2-3-8-16-14/h2-9H,10H2,1H3. The van der Waals surface area contributed by atoms with Crippen molar-refractivity contribution in [1.29, 1.82) is 0 Å². The van der Waals surface area contributed by atoms with Gasteiger partial charge in [0.15, 0.2) is 5.03 Å². The molecule has 0 saturated heterocycles. The van der Waals surface area contributed by atoms with Gasteiger partial charge in [-0.15, -0.1) is 0 Å². The van der Waals surface area contributed by atoms with Crippen molar-refractivity contribution in [2.45, 2.75) is 10.8 Å². The molecule has 7 nitrogen and oxygen atoms in total. The van der Waals surface area contributed by atoms with E-state index in [1.807, 2.05) is 0 Å². The topological polar surface area (TPSA) is 95.2 Å². The van der Waals surface area contributed by atoms with Gasteiger partial charge < -0.3 is 9.26 Å². The van der Waals surface area contributed by atoms with Gasteiger partial charge in [-0.25, -0.2) is 13.4 Å². The van der Waals surface area contributed by atoms with Crippen molar-refractivity contribution < 1.29 is 17.7 Å². The van der Waals surface area contributed by atoms with Crippen molar-refractivity contribution in [3.8, 4) is 17.1 Å². The fourth-order valence-electron chi connectivity index (χ4n) is 1.96. The molecule has 0 aliphatic rings. The number of sulfone groups is 1. The van der Waals surface area contributed by atoms with Crippen LogP contribution in [0.3, 0.4) is 0 Å². The van der Waals surface area contributed by atoms with Crippen LogP contribution in [0.15, 0.2) is 58.2 Å². The molecule has 1 aromatic carbocycles. The first-order valence-corrected chi connectivity index (χ1v) is 8.34. The third-order valence-corrected chi connectivity index (χ3v) is 4.57. The Bertz CT molecular complexity index is 907. The Labute approximate surface area is 132 Å². The van der Waals surface area contributed by atoms with Crippen molar-refractivity contribution in [2.24, 2.45) is 0 Å². The largest absolute Gasteiger partial charge is 0.497 e. The Morgan fingerprint density at radius 1 is 1.17 bits per heavy atom. The molecule has 2 heterocycles. The molecular weight excluding hydrogens is 318 g/mol. The van der Waals surface area contributed by atoms with Gasteiger partial charge in [-0.3, -0.25) is 0 Å². The van der Waals surface area contributed by atoms with Gasteiger partial charge in [0.05, 0.1) is 7.11 Å². The first-order chi connectivity index (χ1) is 11.1. The summed E-state index contributed by atoms with van der Waals surface area (Å²) < 4.78 is 34.6. The number of benzene rings is 1. The van der Waals surface area contributed by atoms with E-state index in [1.165, 1.54) is 12.3 Å². The smallest absolute Gasteiger partial charge is 0.242 e. The average molecular weight is 331 g/mol. The molecule has 0 atom stereocenters. The van der Waals surface area contributed by atoms with Crippen molar-refractivity contribution in [3.05, 3.63) is 54.6 Å². The molecule has 0 unspecified atom stereocenters. The van der Waals surface area contributed by atoms with Crippen LogP contribution in [0.2, 0.25) is 0 Å². The normalized spacial score (nSPS) is 11.3. The van der Waals surface area contributed by atoms with E-state index in [1.54, 1.807) is 43.5 Å². The predicted octanol–water partition coefficient (Wildman–Crippen LogP) is 2.11. The zero-order valence-corrected chi connectivity index (χ0v) is 13.0. The molecule has 0 radical (unpaired) electrons. The summed E-state index contributed by atoms with van der Waals surface area (Å²) in [4.78, 5) is 7.97. The maximum atomic E-state index is 12.2. The van der Waals surface area contributed by atoms with Crippen LogP contribution in [0.5, 0.6) is 5.75 Å². The van der Waals surface area contributed by atoms with E-state index in [0.29, 0.717) is 17.1 Å². The van der Waals surface area contributed by atoms with Crippen LogP contribution < -0.4 is 4.74 Å². The highest BCUT2D eigenvalue weighted by Gasteiger charge is 2.21. The third-order valence-electron chi connectivity index (χ3n) is 3.07. The molecule has 0 spiro atoms. The molecule has 0 N–H and O–H groups in total. The SMILES string of the molecule is COc1cccc(-c2noc(CS(=O)(=O)c3ccccn3)n2)c1. The van der Waals surface area contributed by atoms with Gasteiger partial charge in [0, 0.05) is 11.8 Å². The minimum atomic E-state index is -3.63. The molecule has 118 valence electrons. The molecular formula is C15H13N3O4S. The number of nitrogens with zero attached hydrogens (tertiary/aromatic N) is 3. The average Bonchev–Trinajstić information content (AvgIpc) is 3.03. The lowest BCUT2D eigenvalue weighted by Gasteiger charge is -2.00. The Hall–Kier alpha value is -2.74. The van der Waals surface area contributed by atoms with Gasteiger partial charge >= 0.3 is 0 Å². The molecule has 2 aromatic heterocycles. The van der Waals surface area contributed by atoms with Gasteiger partial charge in [0.25, 0.3) is 0 Å². The number of pyridine rings is 1. The lowest BCUT2D eigenvalue weighted by atomic mass is 10.2. The van der Waals surface area contributed by atoms with Gasteiger partial charge in [-0.1, -0.05) is 23.4 Å². The van der Waals surface area contributed by atoms with Crippen LogP contribution >= 0.6 is 0 Å². The Balaban J connectivity index is 1.85. The van der Waals surface area contributed by atoms with Crippen LogP contribution in [0.1, 0.15) is 5.89 Å². The number of methoxy groups -OCH3 is 1. The summed E-state index contributed by atoms with van der Waals surface area (Å²) >= 11 is 0. The number of ether oxygens (including phenoxy) is 1. The fourth-order valence-corrected chi connectivity index (χ4v) is 3.06. The van der Waals surface area contributed by atoms with Crippen LogP contribution in [0.25, 0.3) is 11.4 Å². The van der Waals surface area contributed by atoms with Gasteiger partial charge in [0.2, 0.25) is 21.6 Å². The van der Waals surface area contributed by atoms with Crippen LogP contribution in [0.4, 0.5) is 0 Å². The number of hydrogen-bond donors (Lipinski definition) is 0. The summed E-state index contributed by atoms with van der Waals surface area (Å²) in [5, 5.41) is 3.79. The van der Waals surface area contributed by atoms with Crippen molar-refractivity contribution in [1.82, 2.24) is 15.1 Å². The maximum Gasteiger partial charge on any atom is 0.242 e. The van der Waals surface area contributed by atoms with Crippen molar-refractivity contribution in [2.75, 3.05) is 7.11 Å². The van der Waals surface area contributed by atoms with E-state index >= 15 is 0 Å². The van der Waals surface area contributed by atoms with Gasteiger partial charge in [-0.05, 0) is 24.3 Å². The Kier molecular flexibility index (Phi) is 4.07. The molecule has 8 heteroatoms. The molecule has 0 saturated carbocycles. The summed E-state index contributed by atoms with van der Waals surface area (Å²) in [6.07, 6.45) is 1.42. The van der Waals surface area contributed by atoms with Crippen LogP contribution in [-0.2, 0) is 15.6 Å². The first kappa shape index (κ1) is 15.2. The Morgan fingerprint density at radius 3 is 2.78 bits per heavy atom. The summed E-state index contributed by atoms with van der Waals surface area (Å²) in [6, 6.07) is 11.8. The van der Waals surface area contributed by atoms with Crippen molar-refractivity contribution in [3.63, 3.8) is 0 Å². The first-order valence-electron chi connectivity index (χ1n) is 6.69. The summed E-state index contributed by atoms with van der Waals surface area (Å²) in [7, 11) is -2.07. The Morgan fingerprint density at radius 2 is 2.04 bits per heavy atom. The summed E-state index contributed by atoms with van der Waals surface area (Å²) in [5.41, 5.74) is 0.676. The number of aromatic nitrogens is 3. The second kappa shape index (κ2) is 6.17. The minimum Gasteiger partial charge on any atom is -0.497 e. The second-order valence-corrected chi connectivity index (χ2v) is 6.61. The predicted molar refractivity (Wildman–Crippen MR) is 81.4 cm³/mol. The zero-order valence-electron chi connectivity index (χ0n) is 12.2.